The smallest absolute Gasteiger partial charge is 0.224 e. The summed E-state index contributed by atoms with van der Waals surface area (Å²) in [7, 11) is 0. The lowest BCUT2D eigenvalue weighted by Crippen LogP contribution is -2.38. The minimum atomic E-state index is -0.520. The van der Waals surface area contributed by atoms with E-state index in [2.05, 4.69) is 10.6 Å². The van der Waals surface area contributed by atoms with Crippen molar-refractivity contribution in [3.63, 3.8) is 0 Å². The number of hydrogen-bond donors (Lipinski definition) is 2. The van der Waals surface area contributed by atoms with Gasteiger partial charge in [-0.05, 0) is 19.9 Å². The van der Waals surface area contributed by atoms with Gasteiger partial charge in [0.25, 0.3) is 0 Å². The first-order valence-corrected chi connectivity index (χ1v) is 5.28. The van der Waals surface area contributed by atoms with Crippen LogP contribution in [0.4, 0.5) is 0 Å². The number of alkyl halides is 2. The first-order chi connectivity index (χ1) is 6.11. The molecule has 0 saturated carbocycles. The summed E-state index contributed by atoms with van der Waals surface area (Å²) in [6, 6.07) is 0.254. The third-order valence-corrected chi connectivity index (χ3v) is 2.60. The number of rotatable bonds is 3. The Morgan fingerprint density at radius 2 is 2.38 bits per heavy atom. The molecule has 0 aliphatic carbocycles. The maximum Gasteiger partial charge on any atom is 0.224 e. The summed E-state index contributed by atoms with van der Waals surface area (Å²) in [4.78, 5) is 11.0. The van der Waals surface area contributed by atoms with Gasteiger partial charge in [-0.3, -0.25) is 4.79 Å². The van der Waals surface area contributed by atoms with Gasteiger partial charge in [0.15, 0.2) is 0 Å². The van der Waals surface area contributed by atoms with Crippen molar-refractivity contribution in [2.75, 3.05) is 13.1 Å². The lowest BCUT2D eigenvalue weighted by molar-refractivity contribution is -0.125. The average molecular weight is 225 g/mol. The van der Waals surface area contributed by atoms with E-state index in [1.165, 1.54) is 0 Å². The van der Waals surface area contributed by atoms with E-state index in [1.54, 1.807) is 0 Å². The highest BCUT2D eigenvalue weighted by Gasteiger charge is 2.29. The Bertz CT molecular complexity index is 187. The minimum absolute atomic E-state index is 0.0452. The first kappa shape index (κ1) is 11.1. The van der Waals surface area contributed by atoms with Crippen molar-refractivity contribution in [2.45, 2.75) is 24.2 Å². The Labute approximate surface area is 88.2 Å². The number of amides is 1. The maximum atomic E-state index is 11.5. The quantitative estimate of drug-likeness (QED) is 0.701. The van der Waals surface area contributed by atoms with Crippen molar-refractivity contribution < 1.29 is 4.79 Å². The molecule has 1 heterocycles. The van der Waals surface area contributed by atoms with Crippen molar-refractivity contribution in [1.82, 2.24) is 10.6 Å². The molecule has 2 unspecified atom stereocenters. The monoisotopic (exact) mass is 224 g/mol. The van der Waals surface area contributed by atoms with Gasteiger partial charge < -0.3 is 10.6 Å². The van der Waals surface area contributed by atoms with Crippen LogP contribution in [0.3, 0.4) is 0 Å². The van der Waals surface area contributed by atoms with Crippen molar-refractivity contribution in [3.05, 3.63) is 0 Å². The van der Waals surface area contributed by atoms with Crippen LogP contribution >= 0.6 is 23.2 Å². The predicted octanol–water partition coefficient (Wildman–Crippen LogP) is 0.904. The molecule has 76 valence electrons. The van der Waals surface area contributed by atoms with E-state index in [-0.39, 0.29) is 17.9 Å². The van der Waals surface area contributed by atoms with Crippen LogP contribution in [-0.2, 0) is 4.79 Å². The number of hydrogen-bond acceptors (Lipinski definition) is 2. The van der Waals surface area contributed by atoms with E-state index in [4.69, 9.17) is 23.2 Å². The van der Waals surface area contributed by atoms with Crippen LogP contribution in [0.2, 0.25) is 0 Å². The summed E-state index contributed by atoms with van der Waals surface area (Å²) in [6.07, 6.45) is 0.891. The van der Waals surface area contributed by atoms with Gasteiger partial charge in [0.1, 0.15) is 4.84 Å². The van der Waals surface area contributed by atoms with Gasteiger partial charge >= 0.3 is 0 Å². The van der Waals surface area contributed by atoms with Crippen LogP contribution < -0.4 is 10.6 Å². The molecule has 1 saturated heterocycles. The molecule has 0 bridgehead atoms. The van der Waals surface area contributed by atoms with Crippen molar-refractivity contribution in [2.24, 2.45) is 5.92 Å². The zero-order valence-electron chi connectivity index (χ0n) is 7.52. The molecule has 1 amide bonds. The van der Waals surface area contributed by atoms with Gasteiger partial charge in [0, 0.05) is 12.6 Å². The summed E-state index contributed by atoms with van der Waals surface area (Å²) in [5.41, 5.74) is 0. The molecule has 0 aromatic rings. The molecule has 0 aromatic carbocycles. The van der Waals surface area contributed by atoms with E-state index in [0.717, 1.165) is 13.0 Å². The Morgan fingerprint density at radius 1 is 1.69 bits per heavy atom. The summed E-state index contributed by atoms with van der Waals surface area (Å²) in [6.45, 7) is 3.24. The minimum Gasteiger partial charge on any atom is -0.353 e. The fraction of sp³-hybridized carbons (Fsp3) is 0.875. The van der Waals surface area contributed by atoms with Crippen molar-refractivity contribution in [1.29, 1.82) is 0 Å². The molecule has 3 nitrogen and oxygen atoms in total. The molecular weight excluding hydrogens is 211 g/mol. The Kier molecular flexibility index (Phi) is 4.29. The molecule has 2 atom stereocenters. The average Bonchev–Trinajstić information content (AvgIpc) is 2.47. The van der Waals surface area contributed by atoms with Gasteiger partial charge in [-0.1, -0.05) is 0 Å². The molecule has 1 aliphatic rings. The fourth-order valence-corrected chi connectivity index (χ4v) is 1.68. The second-order valence-electron chi connectivity index (χ2n) is 3.27. The molecule has 2 N–H and O–H groups in total. The molecule has 13 heavy (non-hydrogen) atoms. The highest BCUT2D eigenvalue weighted by atomic mass is 35.5. The summed E-state index contributed by atoms with van der Waals surface area (Å²) < 4.78 is 0. The van der Waals surface area contributed by atoms with Crippen LogP contribution in [0.5, 0.6) is 0 Å². The van der Waals surface area contributed by atoms with Crippen molar-refractivity contribution >= 4 is 29.1 Å². The summed E-state index contributed by atoms with van der Waals surface area (Å²) in [5.74, 6) is 0.107. The van der Waals surface area contributed by atoms with E-state index < -0.39 is 4.84 Å². The zero-order chi connectivity index (χ0) is 9.84. The lowest BCUT2D eigenvalue weighted by Gasteiger charge is -2.14. The second kappa shape index (κ2) is 5.03. The van der Waals surface area contributed by atoms with Gasteiger partial charge in [-0.15, -0.1) is 23.2 Å². The van der Waals surface area contributed by atoms with E-state index in [1.807, 2.05) is 6.92 Å². The molecule has 0 radical (unpaired) electrons. The number of halogens is 2. The van der Waals surface area contributed by atoms with Crippen LogP contribution in [-0.4, -0.2) is 29.9 Å². The standard InChI is InChI=1S/C8H14Cl2N2O/c1-5-6(2-3-11-5)8(13)12-4-7(9)10/h5-7,11H,2-4H2,1H3,(H,12,13). The van der Waals surface area contributed by atoms with E-state index >= 15 is 0 Å². The topological polar surface area (TPSA) is 41.1 Å². The molecule has 0 spiro atoms. The molecule has 1 rings (SSSR count). The Morgan fingerprint density at radius 3 is 2.85 bits per heavy atom. The first-order valence-electron chi connectivity index (χ1n) is 4.40. The number of carbonyl (C=O) groups excluding carboxylic acids is 1. The van der Waals surface area contributed by atoms with Crippen molar-refractivity contribution in [3.8, 4) is 0 Å². The summed E-state index contributed by atoms with van der Waals surface area (Å²) >= 11 is 11.0. The van der Waals surface area contributed by atoms with Crippen LogP contribution in [0, 0.1) is 5.92 Å². The molecule has 0 aromatic heterocycles. The van der Waals surface area contributed by atoms with Gasteiger partial charge in [0.05, 0.1) is 5.92 Å². The van der Waals surface area contributed by atoms with Gasteiger partial charge in [0.2, 0.25) is 5.91 Å². The summed E-state index contributed by atoms with van der Waals surface area (Å²) in [5, 5.41) is 5.92. The molecule has 1 fully saturated rings. The highest BCUT2D eigenvalue weighted by molar-refractivity contribution is 6.44. The Balaban J connectivity index is 2.30. The fourth-order valence-electron chi connectivity index (χ4n) is 1.53. The third-order valence-electron chi connectivity index (χ3n) is 2.29. The molecule has 5 heteroatoms. The maximum absolute atomic E-state index is 11.5. The normalized spacial score (nSPS) is 28.0. The Hall–Kier alpha value is 0.01000. The van der Waals surface area contributed by atoms with E-state index in [9.17, 15) is 4.79 Å². The van der Waals surface area contributed by atoms with Gasteiger partial charge in [-0.2, -0.15) is 0 Å². The third kappa shape index (κ3) is 3.33. The number of carbonyl (C=O) groups is 1. The van der Waals surface area contributed by atoms with Gasteiger partial charge in [-0.25, -0.2) is 0 Å². The number of nitrogens with one attached hydrogen (secondary N) is 2. The van der Waals surface area contributed by atoms with Crippen LogP contribution in [0.1, 0.15) is 13.3 Å². The molecular formula is C8H14Cl2N2O. The van der Waals surface area contributed by atoms with E-state index in [0.29, 0.717) is 6.54 Å². The molecule has 1 aliphatic heterocycles. The predicted molar refractivity (Wildman–Crippen MR) is 54.1 cm³/mol. The van der Waals surface area contributed by atoms with Crippen LogP contribution in [0.15, 0.2) is 0 Å². The SMILES string of the molecule is CC1NCCC1C(=O)NCC(Cl)Cl. The second-order valence-corrected chi connectivity index (χ2v) is 4.55. The lowest BCUT2D eigenvalue weighted by atomic mass is 10.0. The highest BCUT2D eigenvalue weighted by Crippen LogP contribution is 2.15. The van der Waals surface area contributed by atoms with Crippen LogP contribution in [0.25, 0.3) is 0 Å². The largest absolute Gasteiger partial charge is 0.353 e. The zero-order valence-corrected chi connectivity index (χ0v) is 9.03.